The minimum atomic E-state index is -0.939. The van der Waals surface area contributed by atoms with Crippen molar-refractivity contribution in [2.45, 2.75) is 6.92 Å². The van der Waals surface area contributed by atoms with Gasteiger partial charge in [-0.3, -0.25) is 4.99 Å². The fourth-order valence-electron chi connectivity index (χ4n) is 1.14. The number of benzene rings is 1. The summed E-state index contributed by atoms with van der Waals surface area (Å²) in [5.41, 5.74) is 1.71. The number of rotatable bonds is 3. The number of carbonyl (C=O) groups is 1. The first kappa shape index (κ1) is 10.2. The smallest absolute Gasteiger partial charge is 0.335 e. The molecule has 0 fully saturated rings. The Morgan fingerprint density at radius 3 is 2.79 bits per heavy atom. The van der Waals surface area contributed by atoms with E-state index in [9.17, 15) is 4.79 Å². The van der Waals surface area contributed by atoms with Gasteiger partial charge in [-0.1, -0.05) is 12.2 Å². The van der Waals surface area contributed by atoms with E-state index < -0.39 is 5.97 Å². The van der Waals surface area contributed by atoms with Gasteiger partial charge in [0.05, 0.1) is 11.3 Å². The van der Waals surface area contributed by atoms with E-state index in [0.717, 1.165) is 5.56 Å². The average molecular weight is 189 g/mol. The minimum Gasteiger partial charge on any atom is -0.478 e. The molecule has 0 aliphatic heterocycles. The van der Waals surface area contributed by atoms with Gasteiger partial charge in [-0.25, -0.2) is 4.79 Å². The Hall–Kier alpha value is -1.90. The fourth-order valence-corrected chi connectivity index (χ4v) is 1.14. The molecule has 14 heavy (non-hydrogen) atoms. The summed E-state index contributed by atoms with van der Waals surface area (Å²) >= 11 is 0. The lowest BCUT2D eigenvalue weighted by Gasteiger charge is -2.01. The van der Waals surface area contributed by atoms with Gasteiger partial charge in [0.1, 0.15) is 0 Å². The fraction of sp³-hybridized carbons (Fsp3) is 0.0909. The summed E-state index contributed by atoms with van der Waals surface area (Å²) in [6, 6.07) is 4.73. The lowest BCUT2D eigenvalue weighted by molar-refractivity contribution is 0.0697. The van der Waals surface area contributed by atoms with Gasteiger partial charge in [-0.05, 0) is 31.8 Å². The quantitative estimate of drug-likeness (QED) is 0.743. The first-order chi connectivity index (χ1) is 6.69. The van der Waals surface area contributed by atoms with Gasteiger partial charge < -0.3 is 5.11 Å². The van der Waals surface area contributed by atoms with E-state index in [1.807, 2.05) is 13.0 Å². The van der Waals surface area contributed by atoms with Crippen LogP contribution < -0.4 is 0 Å². The van der Waals surface area contributed by atoms with Crippen molar-refractivity contribution >= 4 is 24.5 Å². The topological polar surface area (TPSA) is 49.7 Å². The van der Waals surface area contributed by atoms with Crippen LogP contribution in [0.1, 0.15) is 22.8 Å². The Morgan fingerprint density at radius 1 is 1.57 bits per heavy atom. The molecule has 3 nitrogen and oxygen atoms in total. The highest BCUT2D eigenvalue weighted by atomic mass is 16.4. The number of hydrogen-bond donors (Lipinski definition) is 1. The monoisotopic (exact) mass is 189 g/mol. The number of hydrogen-bond acceptors (Lipinski definition) is 2. The maximum absolute atomic E-state index is 10.7. The van der Waals surface area contributed by atoms with Crippen molar-refractivity contribution in [2.24, 2.45) is 4.99 Å². The van der Waals surface area contributed by atoms with Gasteiger partial charge in [0.15, 0.2) is 0 Å². The predicted molar refractivity (Wildman–Crippen MR) is 57.3 cm³/mol. The van der Waals surface area contributed by atoms with E-state index in [1.165, 1.54) is 6.07 Å². The lowest BCUT2D eigenvalue weighted by atomic mass is 10.1. The summed E-state index contributed by atoms with van der Waals surface area (Å²) in [5, 5.41) is 8.77. The van der Waals surface area contributed by atoms with Crippen molar-refractivity contribution in [3.63, 3.8) is 0 Å². The lowest BCUT2D eigenvalue weighted by Crippen LogP contribution is -1.95. The molecule has 1 rings (SSSR count). The molecule has 0 heterocycles. The molecule has 0 bridgehead atoms. The van der Waals surface area contributed by atoms with Crippen LogP contribution in [0.3, 0.4) is 0 Å². The summed E-state index contributed by atoms with van der Waals surface area (Å²) < 4.78 is 0. The molecule has 0 aliphatic rings. The molecule has 0 radical (unpaired) electrons. The Labute approximate surface area is 82.4 Å². The standard InChI is InChI=1S/C11H11NO2/c1-3-4-8-7-9(11(13)14)5-6-10(8)12-2/h3-7H,2H2,1H3,(H,13,14)/b4-3-. The zero-order chi connectivity index (χ0) is 10.6. The van der Waals surface area contributed by atoms with Crippen LogP contribution in [0.2, 0.25) is 0 Å². The van der Waals surface area contributed by atoms with Crippen molar-refractivity contribution < 1.29 is 9.90 Å². The van der Waals surface area contributed by atoms with Crippen LogP contribution in [0, 0.1) is 0 Å². The highest BCUT2D eigenvalue weighted by molar-refractivity contribution is 5.89. The molecule has 1 N–H and O–H groups in total. The molecule has 1 aromatic rings. The second-order valence-electron chi connectivity index (χ2n) is 2.74. The Morgan fingerprint density at radius 2 is 2.29 bits per heavy atom. The maximum Gasteiger partial charge on any atom is 0.335 e. The third kappa shape index (κ3) is 2.07. The number of carboxylic acids is 1. The van der Waals surface area contributed by atoms with Crippen LogP contribution in [-0.4, -0.2) is 17.8 Å². The Bertz CT molecular complexity index is 394. The van der Waals surface area contributed by atoms with Crippen molar-refractivity contribution in [2.75, 3.05) is 0 Å². The van der Waals surface area contributed by atoms with Crippen LogP contribution in [0.5, 0.6) is 0 Å². The van der Waals surface area contributed by atoms with E-state index in [0.29, 0.717) is 5.69 Å². The zero-order valence-electron chi connectivity index (χ0n) is 7.90. The van der Waals surface area contributed by atoms with Gasteiger partial charge in [0.25, 0.3) is 0 Å². The highest BCUT2D eigenvalue weighted by Gasteiger charge is 2.05. The molecule has 0 atom stereocenters. The van der Waals surface area contributed by atoms with Crippen LogP contribution in [0.15, 0.2) is 29.3 Å². The van der Waals surface area contributed by atoms with Gasteiger partial charge in [-0.2, -0.15) is 0 Å². The maximum atomic E-state index is 10.7. The van der Waals surface area contributed by atoms with Crippen LogP contribution in [0.4, 0.5) is 5.69 Å². The van der Waals surface area contributed by atoms with Gasteiger partial charge in [0, 0.05) is 5.56 Å². The number of aliphatic imine (C=N–C) groups is 1. The predicted octanol–water partition coefficient (Wildman–Crippen LogP) is 2.75. The molecule has 3 heteroatoms. The Balaban J connectivity index is 3.27. The van der Waals surface area contributed by atoms with Gasteiger partial charge >= 0.3 is 5.97 Å². The van der Waals surface area contributed by atoms with Crippen LogP contribution in [0.25, 0.3) is 6.08 Å². The molecule has 1 aromatic carbocycles. The van der Waals surface area contributed by atoms with Crippen molar-refractivity contribution in [1.29, 1.82) is 0 Å². The molecule has 0 spiro atoms. The summed E-state index contributed by atoms with van der Waals surface area (Å²) in [7, 11) is 0. The molecule has 0 aromatic heterocycles. The first-order valence-electron chi connectivity index (χ1n) is 4.15. The van der Waals surface area contributed by atoms with E-state index in [4.69, 9.17) is 5.11 Å². The van der Waals surface area contributed by atoms with E-state index in [1.54, 1.807) is 18.2 Å². The first-order valence-corrected chi connectivity index (χ1v) is 4.15. The second kappa shape index (κ2) is 4.37. The molecule has 72 valence electrons. The van der Waals surface area contributed by atoms with Crippen LogP contribution in [-0.2, 0) is 0 Å². The molecular weight excluding hydrogens is 178 g/mol. The third-order valence-corrected chi connectivity index (χ3v) is 1.79. The molecule has 0 amide bonds. The van der Waals surface area contributed by atoms with E-state index in [2.05, 4.69) is 11.7 Å². The zero-order valence-corrected chi connectivity index (χ0v) is 7.90. The third-order valence-electron chi connectivity index (χ3n) is 1.79. The summed E-state index contributed by atoms with van der Waals surface area (Å²) in [6.45, 7) is 5.28. The highest BCUT2D eigenvalue weighted by Crippen LogP contribution is 2.21. The summed E-state index contributed by atoms with van der Waals surface area (Å²) in [6.07, 6.45) is 3.63. The number of aromatic carboxylic acids is 1. The second-order valence-corrected chi connectivity index (χ2v) is 2.74. The normalized spacial score (nSPS) is 10.4. The number of carboxylic acid groups (broad SMARTS) is 1. The molecular formula is C11H11NO2. The SMILES string of the molecule is C=Nc1ccc(C(=O)O)cc1/C=C\C. The molecule has 0 saturated carbocycles. The van der Waals surface area contributed by atoms with Crippen LogP contribution >= 0.6 is 0 Å². The summed E-state index contributed by atoms with van der Waals surface area (Å²) in [4.78, 5) is 14.5. The van der Waals surface area contributed by atoms with Crippen molar-refractivity contribution in [3.8, 4) is 0 Å². The van der Waals surface area contributed by atoms with E-state index in [-0.39, 0.29) is 5.56 Å². The van der Waals surface area contributed by atoms with Gasteiger partial charge in [0.2, 0.25) is 0 Å². The molecule has 0 unspecified atom stereocenters. The van der Waals surface area contributed by atoms with Gasteiger partial charge in [-0.15, -0.1) is 0 Å². The molecule has 0 aliphatic carbocycles. The van der Waals surface area contributed by atoms with E-state index >= 15 is 0 Å². The van der Waals surface area contributed by atoms with Crippen molar-refractivity contribution in [1.82, 2.24) is 0 Å². The summed E-state index contributed by atoms with van der Waals surface area (Å²) in [5.74, 6) is -0.939. The largest absolute Gasteiger partial charge is 0.478 e. The molecule has 0 saturated heterocycles. The van der Waals surface area contributed by atoms with Crippen molar-refractivity contribution in [3.05, 3.63) is 35.4 Å². The average Bonchev–Trinajstić information content (AvgIpc) is 2.18. The number of allylic oxidation sites excluding steroid dienone is 1. The number of nitrogens with zero attached hydrogens (tertiary/aromatic N) is 1. The Kier molecular flexibility index (Phi) is 3.18. The minimum absolute atomic E-state index is 0.255.